The van der Waals surface area contributed by atoms with Gasteiger partial charge in [0.05, 0.1) is 5.56 Å². The number of hydrogen-bond acceptors (Lipinski definition) is 5. The van der Waals surface area contributed by atoms with Gasteiger partial charge in [0.2, 0.25) is 0 Å². The third kappa shape index (κ3) is 3.59. The molecule has 0 radical (unpaired) electrons. The van der Waals surface area contributed by atoms with Gasteiger partial charge in [-0.05, 0) is 38.4 Å². The molecule has 2 heterocycles. The Bertz CT molecular complexity index is 715. The van der Waals surface area contributed by atoms with Gasteiger partial charge in [-0.3, -0.25) is 15.0 Å². The van der Waals surface area contributed by atoms with Gasteiger partial charge in [0.25, 0.3) is 5.91 Å². The number of piperidine rings is 1. The fourth-order valence-corrected chi connectivity index (χ4v) is 3.54. The lowest BCUT2D eigenvalue weighted by molar-refractivity contribution is -0.126. The molecule has 2 N–H and O–H groups in total. The fourth-order valence-electron chi connectivity index (χ4n) is 3.54. The summed E-state index contributed by atoms with van der Waals surface area (Å²) in [5, 5.41) is 14.2. The van der Waals surface area contributed by atoms with Gasteiger partial charge in [0.15, 0.2) is 0 Å². The number of benzene rings is 1. The van der Waals surface area contributed by atoms with Crippen LogP contribution in [0.4, 0.5) is 4.79 Å². The molecule has 7 nitrogen and oxygen atoms in total. The lowest BCUT2D eigenvalue weighted by atomic mass is 9.80. The van der Waals surface area contributed by atoms with Crippen molar-refractivity contribution in [2.75, 3.05) is 26.2 Å². The van der Waals surface area contributed by atoms with Crippen molar-refractivity contribution in [3.63, 3.8) is 0 Å². The first kappa shape index (κ1) is 17.2. The standard InChI is InChI=1S/C18H22N4O3/c1-18(16(23)20-17(24)21-18)14-6-4-8-22(12-14)9-10-25-15-7-3-2-5-13(15)11-19/h2-3,5,7,14H,4,6,8-10,12H2,1H3,(H2,20,21,23,24)/t14-,18+/m0/s1. The van der Waals surface area contributed by atoms with E-state index in [4.69, 9.17) is 10.00 Å². The van der Waals surface area contributed by atoms with Gasteiger partial charge >= 0.3 is 6.03 Å². The molecule has 132 valence electrons. The smallest absolute Gasteiger partial charge is 0.322 e. The number of nitrogens with one attached hydrogen (secondary N) is 2. The molecule has 3 rings (SSSR count). The molecule has 0 spiro atoms. The average Bonchev–Trinajstić information content (AvgIpc) is 2.89. The number of imide groups is 1. The van der Waals surface area contributed by atoms with E-state index >= 15 is 0 Å². The summed E-state index contributed by atoms with van der Waals surface area (Å²) in [6, 6.07) is 8.87. The molecule has 2 saturated heterocycles. The van der Waals surface area contributed by atoms with Crippen LogP contribution in [0.5, 0.6) is 5.75 Å². The highest BCUT2D eigenvalue weighted by Crippen LogP contribution is 2.29. The van der Waals surface area contributed by atoms with Crippen LogP contribution in [0.15, 0.2) is 24.3 Å². The molecule has 2 aliphatic rings. The van der Waals surface area contributed by atoms with Gasteiger partial charge in [-0.2, -0.15) is 5.26 Å². The van der Waals surface area contributed by atoms with E-state index < -0.39 is 11.6 Å². The molecular weight excluding hydrogens is 320 g/mol. The largest absolute Gasteiger partial charge is 0.491 e. The monoisotopic (exact) mass is 342 g/mol. The van der Waals surface area contributed by atoms with Crippen molar-refractivity contribution in [1.29, 1.82) is 5.26 Å². The van der Waals surface area contributed by atoms with Gasteiger partial charge in [-0.1, -0.05) is 12.1 Å². The van der Waals surface area contributed by atoms with Crippen LogP contribution in [0.2, 0.25) is 0 Å². The van der Waals surface area contributed by atoms with Crippen molar-refractivity contribution < 1.29 is 14.3 Å². The zero-order valence-electron chi connectivity index (χ0n) is 14.2. The van der Waals surface area contributed by atoms with E-state index in [9.17, 15) is 9.59 Å². The van der Waals surface area contributed by atoms with Gasteiger partial charge in [0, 0.05) is 19.0 Å². The van der Waals surface area contributed by atoms with Crippen molar-refractivity contribution in [3.05, 3.63) is 29.8 Å². The van der Waals surface area contributed by atoms with Crippen molar-refractivity contribution in [2.45, 2.75) is 25.3 Å². The second-order valence-corrected chi connectivity index (χ2v) is 6.71. The molecule has 0 aliphatic carbocycles. The van der Waals surface area contributed by atoms with Gasteiger partial charge in [-0.25, -0.2) is 4.79 Å². The van der Waals surface area contributed by atoms with Crippen LogP contribution in [-0.2, 0) is 4.79 Å². The van der Waals surface area contributed by atoms with E-state index in [1.165, 1.54) is 0 Å². The molecule has 25 heavy (non-hydrogen) atoms. The van der Waals surface area contributed by atoms with Crippen LogP contribution in [0, 0.1) is 17.2 Å². The maximum absolute atomic E-state index is 12.1. The number of amides is 3. The van der Waals surface area contributed by atoms with Gasteiger partial charge in [0.1, 0.15) is 24.0 Å². The van der Waals surface area contributed by atoms with Crippen molar-refractivity contribution in [1.82, 2.24) is 15.5 Å². The number of carbonyl (C=O) groups is 2. The minimum absolute atomic E-state index is 0.0686. The summed E-state index contributed by atoms with van der Waals surface area (Å²) in [5.74, 6) is 0.413. The lowest BCUT2D eigenvalue weighted by Gasteiger charge is -2.39. The van der Waals surface area contributed by atoms with E-state index in [-0.39, 0.29) is 11.8 Å². The van der Waals surface area contributed by atoms with Gasteiger partial charge < -0.3 is 10.1 Å². The molecule has 3 amide bonds. The topological polar surface area (TPSA) is 94.5 Å². The van der Waals surface area contributed by atoms with Crippen LogP contribution in [-0.4, -0.2) is 48.6 Å². The van der Waals surface area contributed by atoms with Crippen LogP contribution < -0.4 is 15.4 Å². The predicted octanol–water partition coefficient (Wildman–Crippen LogP) is 1.25. The van der Waals surface area contributed by atoms with E-state index in [2.05, 4.69) is 21.6 Å². The second kappa shape index (κ2) is 7.11. The first-order chi connectivity index (χ1) is 12.0. The quantitative estimate of drug-likeness (QED) is 0.785. The number of hydrogen-bond donors (Lipinski definition) is 2. The maximum atomic E-state index is 12.1. The van der Waals surface area contributed by atoms with E-state index in [0.717, 1.165) is 25.9 Å². The molecule has 0 unspecified atom stereocenters. The summed E-state index contributed by atoms with van der Waals surface area (Å²) in [6.07, 6.45) is 1.87. The molecule has 1 aromatic carbocycles. The summed E-state index contributed by atoms with van der Waals surface area (Å²) < 4.78 is 5.74. The number of para-hydroxylation sites is 1. The number of rotatable bonds is 5. The summed E-state index contributed by atoms with van der Waals surface area (Å²) in [6.45, 7) is 4.64. The lowest BCUT2D eigenvalue weighted by Crippen LogP contribution is -2.56. The summed E-state index contributed by atoms with van der Waals surface area (Å²) in [7, 11) is 0. The minimum Gasteiger partial charge on any atom is -0.491 e. The molecule has 0 bridgehead atoms. The van der Waals surface area contributed by atoms with E-state index in [1.807, 2.05) is 12.1 Å². The zero-order chi connectivity index (χ0) is 17.9. The summed E-state index contributed by atoms with van der Waals surface area (Å²) in [5.41, 5.74) is -0.318. The van der Waals surface area contributed by atoms with Crippen molar-refractivity contribution >= 4 is 11.9 Å². The normalized spacial score (nSPS) is 26.6. The fraction of sp³-hybridized carbons (Fsp3) is 0.500. The molecule has 2 aliphatic heterocycles. The SMILES string of the molecule is C[C@]1([C@H]2CCCN(CCOc3ccccc3C#N)C2)NC(=O)NC1=O. The van der Waals surface area contributed by atoms with Gasteiger partial charge in [-0.15, -0.1) is 0 Å². The summed E-state index contributed by atoms with van der Waals surface area (Å²) >= 11 is 0. The summed E-state index contributed by atoms with van der Waals surface area (Å²) in [4.78, 5) is 25.8. The second-order valence-electron chi connectivity index (χ2n) is 6.71. The van der Waals surface area contributed by atoms with Crippen LogP contribution in [0.1, 0.15) is 25.3 Å². The average molecular weight is 342 g/mol. The highest BCUT2D eigenvalue weighted by atomic mass is 16.5. The highest BCUT2D eigenvalue weighted by molar-refractivity contribution is 6.06. The van der Waals surface area contributed by atoms with Crippen molar-refractivity contribution in [3.8, 4) is 11.8 Å². The van der Waals surface area contributed by atoms with Crippen molar-refractivity contribution in [2.24, 2.45) is 5.92 Å². The Morgan fingerprint density at radius 1 is 1.40 bits per heavy atom. The third-order valence-electron chi connectivity index (χ3n) is 5.07. The number of nitrogens with zero attached hydrogens (tertiary/aromatic N) is 2. The maximum Gasteiger partial charge on any atom is 0.322 e. The minimum atomic E-state index is -0.843. The molecule has 7 heteroatoms. The van der Waals surface area contributed by atoms with E-state index in [0.29, 0.717) is 24.5 Å². The predicted molar refractivity (Wildman–Crippen MR) is 90.9 cm³/mol. The number of urea groups is 1. The first-order valence-electron chi connectivity index (χ1n) is 8.51. The molecule has 0 saturated carbocycles. The Kier molecular flexibility index (Phi) is 4.91. The van der Waals surface area contributed by atoms with Crippen LogP contribution >= 0.6 is 0 Å². The first-order valence-corrected chi connectivity index (χ1v) is 8.51. The van der Waals surface area contributed by atoms with Crippen LogP contribution in [0.3, 0.4) is 0 Å². The Labute approximate surface area is 146 Å². The zero-order valence-corrected chi connectivity index (χ0v) is 14.2. The number of likely N-dealkylation sites (tertiary alicyclic amines) is 1. The van der Waals surface area contributed by atoms with Crippen LogP contribution in [0.25, 0.3) is 0 Å². The Morgan fingerprint density at radius 2 is 2.20 bits per heavy atom. The molecule has 2 fully saturated rings. The third-order valence-corrected chi connectivity index (χ3v) is 5.07. The number of ether oxygens (including phenoxy) is 1. The number of nitriles is 1. The Hall–Kier alpha value is -2.59. The highest BCUT2D eigenvalue weighted by Gasteiger charge is 2.48. The molecule has 0 aromatic heterocycles. The van der Waals surface area contributed by atoms with E-state index in [1.54, 1.807) is 19.1 Å². The Balaban J connectivity index is 1.55. The Morgan fingerprint density at radius 3 is 2.92 bits per heavy atom. The molecule has 1 aromatic rings. The molecule has 2 atom stereocenters. The molecular formula is C18H22N4O3. The number of carbonyl (C=O) groups excluding carboxylic acids is 2.